The van der Waals surface area contributed by atoms with Crippen molar-refractivity contribution in [3.8, 4) is 0 Å². The number of rotatable bonds is 2. The van der Waals surface area contributed by atoms with Gasteiger partial charge >= 0.3 is 0 Å². The number of hydrogen-bond donors (Lipinski definition) is 0. The molecule has 0 aliphatic heterocycles. The van der Waals surface area contributed by atoms with Crippen LogP contribution in [0.5, 0.6) is 0 Å². The van der Waals surface area contributed by atoms with Gasteiger partial charge < -0.3 is 4.31 Å². The molecule has 0 heterocycles. The van der Waals surface area contributed by atoms with Crippen LogP contribution in [0.3, 0.4) is 0 Å². The predicted molar refractivity (Wildman–Crippen MR) is 74.8 cm³/mol. The van der Waals surface area contributed by atoms with Gasteiger partial charge in [-0.3, -0.25) is 0 Å². The fourth-order valence-electron chi connectivity index (χ4n) is 2.28. The summed E-state index contributed by atoms with van der Waals surface area (Å²) >= 11 is 0. The minimum atomic E-state index is 0.399. The van der Waals surface area contributed by atoms with E-state index in [2.05, 4.69) is 58.0 Å². The van der Waals surface area contributed by atoms with Crippen molar-refractivity contribution in [3.05, 3.63) is 53.6 Å². The second-order valence-electron chi connectivity index (χ2n) is 3.87. The largest absolute Gasteiger partial charge is 0.346 e. The van der Waals surface area contributed by atoms with Gasteiger partial charge in [-0.1, -0.05) is 48.6 Å². The van der Waals surface area contributed by atoms with Gasteiger partial charge in [0.2, 0.25) is 0 Å². The van der Waals surface area contributed by atoms with E-state index in [9.17, 15) is 0 Å². The summed E-state index contributed by atoms with van der Waals surface area (Å²) in [6.45, 7) is 0. The average Bonchev–Trinajstić information content (AvgIpc) is 2.33. The first-order valence-electron chi connectivity index (χ1n) is 5.21. The Morgan fingerprint density at radius 1 is 1.12 bits per heavy atom. The van der Waals surface area contributed by atoms with Crippen molar-refractivity contribution < 1.29 is 4.31 Å². The fourth-order valence-corrected chi connectivity index (χ4v) is 3.41. The van der Waals surface area contributed by atoms with Gasteiger partial charge in [0, 0.05) is 23.9 Å². The lowest BCUT2D eigenvalue weighted by Crippen LogP contribution is -1.96. The summed E-state index contributed by atoms with van der Waals surface area (Å²) in [5, 5.41) is 2.70. The molecule has 1 aliphatic rings. The van der Waals surface area contributed by atoms with Crippen molar-refractivity contribution in [3.63, 3.8) is 0 Å². The third-order valence-electron chi connectivity index (χ3n) is 2.97. The quantitative estimate of drug-likeness (QED) is 0.717. The molecular weight excluding hydrogens is 234 g/mol. The molecule has 0 bridgehead atoms. The van der Waals surface area contributed by atoms with Gasteiger partial charge in [-0.05, 0) is 21.9 Å². The Morgan fingerprint density at radius 3 is 2.75 bits per heavy atom. The molecular formula is C13H12OP2. The minimum Gasteiger partial charge on any atom is -0.346 e. The van der Waals surface area contributed by atoms with E-state index >= 15 is 0 Å². The Hall–Kier alpha value is -0.740. The lowest BCUT2D eigenvalue weighted by molar-refractivity contribution is 0.732. The zero-order valence-electron chi connectivity index (χ0n) is 8.68. The van der Waals surface area contributed by atoms with Gasteiger partial charge in [-0.15, -0.1) is 0 Å². The summed E-state index contributed by atoms with van der Waals surface area (Å²) in [5.74, 6) is 0. The molecule has 3 unspecified atom stereocenters. The maximum atomic E-state index is 5.22. The zero-order chi connectivity index (χ0) is 11.0. The van der Waals surface area contributed by atoms with Crippen LogP contribution in [0.25, 0.3) is 16.8 Å². The second-order valence-corrected chi connectivity index (χ2v) is 5.67. The van der Waals surface area contributed by atoms with Crippen LogP contribution in [0.2, 0.25) is 0 Å². The molecule has 0 amide bonds. The lowest BCUT2D eigenvalue weighted by atomic mass is 9.93. The van der Waals surface area contributed by atoms with E-state index in [1.165, 1.54) is 21.9 Å². The van der Waals surface area contributed by atoms with Gasteiger partial charge in [-0.2, -0.15) is 0 Å². The normalized spacial score (nSPS) is 18.7. The van der Waals surface area contributed by atoms with Crippen LogP contribution in [0.1, 0.15) is 16.8 Å². The molecule has 0 radical (unpaired) electrons. The van der Waals surface area contributed by atoms with Gasteiger partial charge in [0.15, 0.2) is 0 Å². The lowest BCUT2D eigenvalue weighted by Gasteiger charge is -2.20. The average molecular weight is 246 g/mol. The summed E-state index contributed by atoms with van der Waals surface area (Å²) in [6.07, 6.45) is 4.44. The predicted octanol–water partition coefficient (Wildman–Crippen LogP) is 4.31. The summed E-state index contributed by atoms with van der Waals surface area (Å²) in [5.41, 5.74) is 3.10. The maximum Gasteiger partial charge on any atom is 0.0449 e. The summed E-state index contributed by atoms with van der Waals surface area (Å²) in [4.78, 5) is 0. The summed E-state index contributed by atoms with van der Waals surface area (Å²) in [7, 11) is 2.81. The molecule has 16 heavy (non-hydrogen) atoms. The molecule has 1 nitrogen and oxygen atoms in total. The molecule has 2 aromatic rings. The Morgan fingerprint density at radius 2 is 1.94 bits per heavy atom. The van der Waals surface area contributed by atoms with Crippen molar-refractivity contribution in [2.45, 2.75) is 5.66 Å². The van der Waals surface area contributed by atoms with E-state index in [-0.39, 0.29) is 0 Å². The molecule has 3 rings (SSSR count). The zero-order valence-corrected chi connectivity index (χ0v) is 10.8. The summed E-state index contributed by atoms with van der Waals surface area (Å²) in [6, 6.07) is 13.0. The highest BCUT2D eigenvalue weighted by Crippen LogP contribution is 2.44. The number of hydrogen-bond acceptors (Lipinski definition) is 1. The van der Waals surface area contributed by atoms with Crippen molar-refractivity contribution in [1.82, 2.24) is 0 Å². The van der Waals surface area contributed by atoms with Crippen LogP contribution in [0, 0.1) is 0 Å². The van der Waals surface area contributed by atoms with Gasteiger partial charge in [0.05, 0.1) is 0 Å². The van der Waals surface area contributed by atoms with Gasteiger partial charge in [0.1, 0.15) is 0 Å². The van der Waals surface area contributed by atoms with E-state index < -0.39 is 0 Å². The molecule has 2 aromatic carbocycles. The van der Waals surface area contributed by atoms with Crippen LogP contribution in [0.15, 0.2) is 42.5 Å². The van der Waals surface area contributed by atoms with Crippen LogP contribution in [0.4, 0.5) is 0 Å². The highest BCUT2D eigenvalue weighted by Gasteiger charge is 2.16. The van der Waals surface area contributed by atoms with E-state index in [1.807, 2.05) is 0 Å². The molecule has 0 spiro atoms. The third kappa shape index (κ3) is 1.60. The number of allylic oxidation sites excluding steroid dienone is 1. The first-order chi connectivity index (χ1) is 7.90. The molecule has 0 N–H and O–H groups in total. The van der Waals surface area contributed by atoms with E-state index in [0.29, 0.717) is 14.5 Å². The molecule has 0 aromatic heterocycles. The van der Waals surface area contributed by atoms with Crippen LogP contribution < -0.4 is 0 Å². The van der Waals surface area contributed by atoms with Gasteiger partial charge in [0.25, 0.3) is 0 Å². The molecule has 3 heteroatoms. The summed E-state index contributed by atoms with van der Waals surface area (Å²) < 4.78 is 5.22. The molecule has 0 saturated carbocycles. The third-order valence-corrected chi connectivity index (χ3v) is 4.27. The first-order valence-corrected chi connectivity index (χ1v) is 6.67. The smallest absolute Gasteiger partial charge is 0.0449 e. The second kappa shape index (κ2) is 4.26. The maximum absolute atomic E-state index is 5.22. The molecule has 80 valence electrons. The van der Waals surface area contributed by atoms with E-state index in [4.69, 9.17) is 4.31 Å². The van der Waals surface area contributed by atoms with Crippen LogP contribution in [-0.4, -0.2) is 0 Å². The standard InChI is InChI=1S/C13H12OP2/c15-14-16-12-8-7-10-4-1-3-9-5-2-6-11(12)13(9)10/h1-8,12,16H,15H2. The highest BCUT2D eigenvalue weighted by atomic mass is 31.1. The monoisotopic (exact) mass is 246 g/mol. The van der Waals surface area contributed by atoms with Crippen molar-refractivity contribution >= 4 is 35.1 Å². The Balaban J connectivity index is 2.27. The Kier molecular flexibility index (Phi) is 2.77. The van der Waals surface area contributed by atoms with E-state index in [0.717, 1.165) is 0 Å². The molecule has 3 atom stereocenters. The van der Waals surface area contributed by atoms with Crippen LogP contribution in [-0.2, 0) is 4.31 Å². The highest BCUT2D eigenvalue weighted by molar-refractivity contribution is 7.40. The van der Waals surface area contributed by atoms with Crippen LogP contribution >= 0.6 is 18.3 Å². The first kappa shape index (κ1) is 10.4. The van der Waals surface area contributed by atoms with Gasteiger partial charge in [-0.25, -0.2) is 0 Å². The number of benzene rings is 2. The van der Waals surface area contributed by atoms with Crippen molar-refractivity contribution in [2.75, 3.05) is 0 Å². The molecule has 1 aliphatic carbocycles. The minimum absolute atomic E-state index is 0.399. The Bertz CT molecular complexity index is 558. The molecule has 0 saturated heterocycles. The van der Waals surface area contributed by atoms with Crippen molar-refractivity contribution in [1.29, 1.82) is 0 Å². The van der Waals surface area contributed by atoms with E-state index in [1.54, 1.807) is 0 Å². The van der Waals surface area contributed by atoms with Crippen molar-refractivity contribution in [2.24, 2.45) is 0 Å². The Labute approximate surface area is 99.0 Å². The fraction of sp³-hybridized carbons (Fsp3) is 0.0769. The SMILES string of the molecule is POPC1C=Cc2cccc3cccc1c23. The molecule has 0 fully saturated rings. The topological polar surface area (TPSA) is 9.23 Å².